The van der Waals surface area contributed by atoms with Gasteiger partial charge >= 0.3 is 0 Å². The Kier molecular flexibility index (Phi) is 5.13. The number of hydrogen-bond donors (Lipinski definition) is 1. The minimum Gasteiger partial charge on any atom is -0.550 e. The van der Waals surface area contributed by atoms with Crippen LogP contribution in [0.15, 0.2) is 36.7 Å². The van der Waals surface area contributed by atoms with Crippen LogP contribution in [-0.4, -0.2) is 28.8 Å². The van der Waals surface area contributed by atoms with Gasteiger partial charge in [0.1, 0.15) is 5.75 Å². The van der Waals surface area contributed by atoms with Crippen molar-refractivity contribution in [2.75, 3.05) is 12.4 Å². The normalized spacial score (nSPS) is 10.2. The fourth-order valence-electron chi connectivity index (χ4n) is 1.88. The van der Waals surface area contributed by atoms with Crippen LogP contribution in [0.2, 0.25) is 0 Å². The van der Waals surface area contributed by atoms with Crippen LogP contribution in [-0.2, 0) is 11.3 Å². The zero-order chi connectivity index (χ0) is 15.9. The lowest BCUT2D eigenvalue weighted by molar-refractivity contribution is -0.305. The Labute approximate surface area is 127 Å². The molecule has 1 aromatic heterocycles. The van der Waals surface area contributed by atoms with E-state index in [4.69, 9.17) is 4.74 Å². The Bertz CT molecular complexity index is 649. The van der Waals surface area contributed by atoms with Crippen molar-refractivity contribution in [3.63, 3.8) is 0 Å². The summed E-state index contributed by atoms with van der Waals surface area (Å²) in [6.45, 7) is 0.451. The Morgan fingerprint density at radius 2 is 2.05 bits per heavy atom. The number of aryl methyl sites for hydroxylation is 1. The molecule has 0 spiro atoms. The molecule has 0 unspecified atom stereocenters. The van der Waals surface area contributed by atoms with E-state index >= 15 is 0 Å². The van der Waals surface area contributed by atoms with Crippen LogP contribution in [0.5, 0.6) is 5.75 Å². The van der Waals surface area contributed by atoms with E-state index in [0.29, 0.717) is 30.0 Å². The van der Waals surface area contributed by atoms with Crippen molar-refractivity contribution in [3.05, 3.63) is 42.2 Å². The number of anilines is 1. The fraction of sp³-hybridized carbons (Fsp3) is 0.267. The van der Waals surface area contributed by atoms with Gasteiger partial charge in [0, 0.05) is 24.3 Å². The monoisotopic (exact) mass is 302 g/mol. The molecule has 0 fully saturated rings. The highest BCUT2D eigenvalue weighted by atomic mass is 16.5. The maximum absolute atomic E-state index is 12.1. The fourth-order valence-corrected chi connectivity index (χ4v) is 1.88. The van der Waals surface area contributed by atoms with Crippen LogP contribution in [0.1, 0.15) is 23.2 Å². The van der Waals surface area contributed by atoms with Gasteiger partial charge in [0.05, 0.1) is 19.0 Å². The molecule has 1 N–H and O–H groups in total. The number of aliphatic carboxylic acids is 1. The lowest BCUT2D eigenvalue weighted by Crippen LogP contribution is -2.22. The first-order valence-corrected chi connectivity index (χ1v) is 6.76. The van der Waals surface area contributed by atoms with Gasteiger partial charge < -0.3 is 20.0 Å². The number of nitrogens with zero attached hydrogens (tertiary/aromatic N) is 2. The summed E-state index contributed by atoms with van der Waals surface area (Å²) in [7, 11) is 1.56. The smallest absolute Gasteiger partial charge is 0.255 e. The van der Waals surface area contributed by atoms with Gasteiger partial charge in [0.25, 0.3) is 5.91 Å². The Balaban J connectivity index is 1.91. The van der Waals surface area contributed by atoms with Gasteiger partial charge in [-0.2, -0.15) is 5.10 Å². The largest absolute Gasteiger partial charge is 0.550 e. The molecule has 0 radical (unpaired) electrons. The highest BCUT2D eigenvalue weighted by molar-refractivity contribution is 6.04. The van der Waals surface area contributed by atoms with Crippen molar-refractivity contribution in [1.29, 1.82) is 0 Å². The maximum atomic E-state index is 12.1. The number of carbonyl (C=O) groups is 2. The SMILES string of the molecule is COc1ccc(C(=O)Nc2cnn(CCCC(=O)[O-])c2)cc1. The van der Waals surface area contributed by atoms with Crippen LogP contribution >= 0.6 is 0 Å². The van der Waals surface area contributed by atoms with Crippen molar-refractivity contribution in [3.8, 4) is 5.75 Å². The molecule has 0 bridgehead atoms. The van der Waals surface area contributed by atoms with E-state index in [1.165, 1.54) is 6.20 Å². The molecular weight excluding hydrogens is 286 g/mol. The summed E-state index contributed by atoms with van der Waals surface area (Å²) in [6, 6.07) is 6.74. The first kappa shape index (κ1) is 15.6. The molecule has 0 aliphatic heterocycles. The van der Waals surface area contributed by atoms with Gasteiger partial charge in [0.2, 0.25) is 0 Å². The molecule has 2 aromatic rings. The summed E-state index contributed by atoms with van der Waals surface area (Å²) in [5, 5.41) is 17.1. The number of ether oxygens (including phenoxy) is 1. The number of carbonyl (C=O) groups excluding carboxylic acids is 2. The highest BCUT2D eigenvalue weighted by Crippen LogP contribution is 2.13. The molecule has 22 heavy (non-hydrogen) atoms. The molecule has 116 valence electrons. The van der Waals surface area contributed by atoms with E-state index < -0.39 is 5.97 Å². The van der Waals surface area contributed by atoms with Crippen LogP contribution in [0.25, 0.3) is 0 Å². The number of aromatic nitrogens is 2. The van der Waals surface area contributed by atoms with E-state index in [9.17, 15) is 14.7 Å². The third-order valence-electron chi connectivity index (χ3n) is 3.01. The van der Waals surface area contributed by atoms with Crippen LogP contribution in [0, 0.1) is 0 Å². The van der Waals surface area contributed by atoms with E-state index in [2.05, 4.69) is 10.4 Å². The number of hydrogen-bond acceptors (Lipinski definition) is 5. The molecule has 1 aromatic carbocycles. The molecule has 0 saturated heterocycles. The minimum atomic E-state index is -1.08. The number of methoxy groups -OCH3 is 1. The van der Waals surface area contributed by atoms with Crippen molar-refractivity contribution in [2.45, 2.75) is 19.4 Å². The molecule has 0 aliphatic rings. The molecule has 7 heteroatoms. The third kappa shape index (κ3) is 4.34. The summed E-state index contributed by atoms with van der Waals surface area (Å²) < 4.78 is 6.61. The van der Waals surface area contributed by atoms with Gasteiger partial charge in [-0.3, -0.25) is 9.48 Å². The summed E-state index contributed by atoms with van der Waals surface area (Å²) >= 11 is 0. The Morgan fingerprint density at radius 3 is 2.68 bits per heavy atom. The zero-order valence-corrected chi connectivity index (χ0v) is 12.1. The molecule has 0 saturated carbocycles. The van der Waals surface area contributed by atoms with Gasteiger partial charge in [-0.15, -0.1) is 0 Å². The number of carboxylic acids is 1. The molecule has 1 heterocycles. The second-order valence-corrected chi connectivity index (χ2v) is 4.65. The quantitative estimate of drug-likeness (QED) is 0.811. The zero-order valence-electron chi connectivity index (χ0n) is 12.1. The predicted molar refractivity (Wildman–Crippen MR) is 77.4 cm³/mol. The predicted octanol–water partition coefficient (Wildman–Crippen LogP) is 0.674. The minimum absolute atomic E-state index is 0.0204. The number of rotatable bonds is 7. The first-order chi connectivity index (χ1) is 10.6. The van der Waals surface area contributed by atoms with Gasteiger partial charge in [-0.25, -0.2) is 0 Å². The van der Waals surface area contributed by atoms with E-state index in [-0.39, 0.29) is 12.3 Å². The van der Waals surface area contributed by atoms with E-state index in [0.717, 1.165) is 0 Å². The standard InChI is InChI=1S/C15H17N3O4/c1-22-13-6-4-11(5-7-13)15(21)17-12-9-16-18(10-12)8-2-3-14(19)20/h4-7,9-10H,2-3,8H2,1H3,(H,17,21)(H,19,20)/p-1. The lowest BCUT2D eigenvalue weighted by Gasteiger charge is -2.04. The van der Waals surface area contributed by atoms with Gasteiger partial charge in [-0.05, 0) is 37.1 Å². The number of amides is 1. The molecular formula is C15H16N3O4-. The molecule has 0 atom stereocenters. The second-order valence-electron chi connectivity index (χ2n) is 4.65. The molecule has 1 amide bonds. The summed E-state index contributed by atoms with van der Waals surface area (Å²) in [5.41, 5.74) is 1.06. The Morgan fingerprint density at radius 1 is 1.32 bits per heavy atom. The molecule has 0 aliphatic carbocycles. The van der Waals surface area contributed by atoms with Crippen LogP contribution in [0.4, 0.5) is 5.69 Å². The van der Waals surface area contributed by atoms with Gasteiger partial charge in [-0.1, -0.05) is 0 Å². The first-order valence-electron chi connectivity index (χ1n) is 6.76. The summed E-state index contributed by atoms with van der Waals surface area (Å²) in [4.78, 5) is 22.4. The average Bonchev–Trinajstić information content (AvgIpc) is 2.94. The van der Waals surface area contributed by atoms with Crippen molar-refractivity contribution >= 4 is 17.6 Å². The number of nitrogens with one attached hydrogen (secondary N) is 1. The van der Waals surface area contributed by atoms with Crippen molar-refractivity contribution in [2.24, 2.45) is 0 Å². The van der Waals surface area contributed by atoms with E-state index in [1.807, 2.05) is 0 Å². The number of benzene rings is 1. The highest BCUT2D eigenvalue weighted by Gasteiger charge is 2.07. The second kappa shape index (κ2) is 7.26. The third-order valence-corrected chi connectivity index (χ3v) is 3.01. The van der Waals surface area contributed by atoms with Crippen molar-refractivity contribution in [1.82, 2.24) is 9.78 Å². The Hall–Kier alpha value is -2.83. The van der Waals surface area contributed by atoms with Crippen molar-refractivity contribution < 1.29 is 19.4 Å². The lowest BCUT2D eigenvalue weighted by atomic mass is 10.2. The maximum Gasteiger partial charge on any atom is 0.255 e. The molecule has 7 nitrogen and oxygen atoms in total. The number of carboxylic acid groups (broad SMARTS) is 1. The van der Waals surface area contributed by atoms with Crippen LogP contribution < -0.4 is 15.2 Å². The van der Waals surface area contributed by atoms with E-state index in [1.54, 1.807) is 42.3 Å². The van der Waals surface area contributed by atoms with Gasteiger partial charge in [0.15, 0.2) is 0 Å². The summed E-state index contributed by atoms with van der Waals surface area (Å²) in [5.74, 6) is -0.658. The van der Waals surface area contributed by atoms with Crippen LogP contribution in [0.3, 0.4) is 0 Å². The topological polar surface area (TPSA) is 96.3 Å². The summed E-state index contributed by atoms with van der Waals surface area (Å²) in [6.07, 6.45) is 3.57. The molecule has 2 rings (SSSR count). The average molecular weight is 302 g/mol.